The summed E-state index contributed by atoms with van der Waals surface area (Å²) in [5.74, 6) is -3.03. The van der Waals surface area contributed by atoms with Gasteiger partial charge in [-0.3, -0.25) is 9.59 Å². The predicted octanol–water partition coefficient (Wildman–Crippen LogP) is 2.59. The maximum Gasteiger partial charge on any atom is 0.335 e. The number of hydrogen-bond acceptors (Lipinski definition) is 3. The number of aromatic carboxylic acids is 1. The van der Waals surface area contributed by atoms with E-state index in [2.05, 4.69) is 0 Å². The van der Waals surface area contributed by atoms with Crippen molar-refractivity contribution in [2.75, 3.05) is 4.90 Å². The SMILES string of the molecule is CCC1(CC)CC(=O)N(c2ccc(C(=O)O)cc2F)C1=O. The first kappa shape index (κ1) is 15.2. The van der Waals surface area contributed by atoms with Gasteiger partial charge in [0.2, 0.25) is 11.8 Å². The summed E-state index contributed by atoms with van der Waals surface area (Å²) >= 11 is 0. The Kier molecular flexibility index (Phi) is 3.80. The molecule has 1 aliphatic heterocycles. The lowest BCUT2D eigenvalue weighted by Gasteiger charge is -2.23. The number of carbonyl (C=O) groups excluding carboxylic acids is 2. The highest BCUT2D eigenvalue weighted by atomic mass is 19.1. The molecule has 6 heteroatoms. The first-order chi connectivity index (χ1) is 9.86. The molecule has 2 amide bonds. The average Bonchev–Trinajstić information content (AvgIpc) is 2.70. The quantitative estimate of drug-likeness (QED) is 0.866. The summed E-state index contributed by atoms with van der Waals surface area (Å²) in [6, 6.07) is 3.16. The monoisotopic (exact) mass is 293 g/mol. The second-order valence-electron chi connectivity index (χ2n) is 5.17. The van der Waals surface area contributed by atoms with Gasteiger partial charge in [0.05, 0.1) is 16.7 Å². The number of amides is 2. The van der Waals surface area contributed by atoms with E-state index in [-0.39, 0.29) is 17.7 Å². The molecule has 21 heavy (non-hydrogen) atoms. The zero-order valence-electron chi connectivity index (χ0n) is 11.9. The molecule has 1 aromatic carbocycles. The Balaban J connectivity index is 2.45. The van der Waals surface area contributed by atoms with Gasteiger partial charge in [-0.05, 0) is 31.0 Å². The van der Waals surface area contributed by atoms with Crippen LogP contribution in [0.15, 0.2) is 18.2 Å². The van der Waals surface area contributed by atoms with Crippen LogP contribution in [0, 0.1) is 11.2 Å². The van der Waals surface area contributed by atoms with E-state index in [0.717, 1.165) is 17.0 Å². The third-order valence-electron chi connectivity index (χ3n) is 4.18. The normalized spacial score (nSPS) is 17.4. The molecule has 0 atom stereocenters. The van der Waals surface area contributed by atoms with Crippen LogP contribution in [0.1, 0.15) is 43.5 Å². The molecule has 5 nitrogen and oxygen atoms in total. The minimum absolute atomic E-state index is 0.0545. The van der Waals surface area contributed by atoms with Gasteiger partial charge >= 0.3 is 5.97 Å². The number of halogens is 1. The summed E-state index contributed by atoms with van der Waals surface area (Å²) in [7, 11) is 0. The zero-order chi connectivity index (χ0) is 15.8. The third kappa shape index (κ3) is 2.30. The molecule has 0 bridgehead atoms. The van der Waals surface area contributed by atoms with Crippen LogP contribution in [0.25, 0.3) is 0 Å². The number of hydrogen-bond donors (Lipinski definition) is 1. The lowest BCUT2D eigenvalue weighted by atomic mass is 9.81. The van der Waals surface area contributed by atoms with Crippen molar-refractivity contribution < 1.29 is 23.9 Å². The van der Waals surface area contributed by atoms with Gasteiger partial charge in [0.25, 0.3) is 0 Å². The van der Waals surface area contributed by atoms with E-state index in [4.69, 9.17) is 5.11 Å². The van der Waals surface area contributed by atoms with E-state index in [1.165, 1.54) is 6.07 Å². The van der Waals surface area contributed by atoms with Crippen molar-refractivity contribution in [1.29, 1.82) is 0 Å². The lowest BCUT2D eigenvalue weighted by molar-refractivity contribution is -0.126. The standard InChI is InChI=1S/C15H16FNO4/c1-3-15(4-2)8-12(18)17(14(15)21)11-6-5-9(13(19)20)7-10(11)16/h5-7H,3-4,8H2,1-2H3,(H,19,20). The Morgan fingerprint density at radius 3 is 2.38 bits per heavy atom. The smallest absolute Gasteiger partial charge is 0.335 e. The largest absolute Gasteiger partial charge is 0.478 e. The summed E-state index contributed by atoms with van der Waals surface area (Å²) in [4.78, 5) is 36.2. The van der Waals surface area contributed by atoms with E-state index in [0.29, 0.717) is 12.8 Å². The van der Waals surface area contributed by atoms with Gasteiger partial charge in [-0.1, -0.05) is 13.8 Å². The highest BCUT2D eigenvalue weighted by Gasteiger charge is 2.50. The highest BCUT2D eigenvalue weighted by molar-refractivity contribution is 6.22. The lowest BCUT2D eigenvalue weighted by Crippen LogP contribution is -2.35. The van der Waals surface area contributed by atoms with Crippen LogP contribution in [0.3, 0.4) is 0 Å². The van der Waals surface area contributed by atoms with Crippen molar-refractivity contribution in [2.45, 2.75) is 33.1 Å². The summed E-state index contributed by atoms with van der Waals surface area (Å²) < 4.78 is 14.1. The molecule has 2 rings (SSSR count). The first-order valence-corrected chi connectivity index (χ1v) is 6.76. The maximum atomic E-state index is 14.1. The van der Waals surface area contributed by atoms with E-state index in [1.54, 1.807) is 0 Å². The van der Waals surface area contributed by atoms with Crippen LogP contribution >= 0.6 is 0 Å². The van der Waals surface area contributed by atoms with Gasteiger partial charge in [-0.25, -0.2) is 14.1 Å². The first-order valence-electron chi connectivity index (χ1n) is 6.76. The Morgan fingerprint density at radius 2 is 1.95 bits per heavy atom. The number of rotatable bonds is 4. The minimum atomic E-state index is -1.27. The van der Waals surface area contributed by atoms with Crippen molar-refractivity contribution in [3.8, 4) is 0 Å². The molecule has 0 spiro atoms. The molecular weight excluding hydrogens is 277 g/mol. The van der Waals surface area contributed by atoms with Gasteiger partial charge in [0.1, 0.15) is 5.82 Å². The highest BCUT2D eigenvalue weighted by Crippen LogP contribution is 2.41. The maximum absolute atomic E-state index is 14.1. The Bertz CT molecular complexity index is 622. The second-order valence-corrected chi connectivity index (χ2v) is 5.17. The van der Waals surface area contributed by atoms with Crippen LogP contribution < -0.4 is 4.90 Å². The summed E-state index contributed by atoms with van der Waals surface area (Å²) in [6.45, 7) is 3.64. The fraction of sp³-hybridized carbons (Fsp3) is 0.400. The number of carbonyl (C=O) groups is 3. The fourth-order valence-corrected chi connectivity index (χ4v) is 2.66. The molecule has 0 aromatic heterocycles. The fourth-order valence-electron chi connectivity index (χ4n) is 2.66. The molecule has 1 N–H and O–H groups in total. The predicted molar refractivity (Wildman–Crippen MR) is 73.5 cm³/mol. The summed E-state index contributed by atoms with van der Waals surface area (Å²) in [5, 5.41) is 8.81. The van der Waals surface area contributed by atoms with Crippen molar-refractivity contribution >= 4 is 23.5 Å². The van der Waals surface area contributed by atoms with Crippen molar-refractivity contribution in [1.82, 2.24) is 0 Å². The van der Waals surface area contributed by atoms with Gasteiger partial charge in [0, 0.05) is 6.42 Å². The molecule has 1 fully saturated rings. The van der Waals surface area contributed by atoms with Crippen LogP contribution in [-0.4, -0.2) is 22.9 Å². The van der Waals surface area contributed by atoms with Crippen LogP contribution in [0.4, 0.5) is 10.1 Å². The number of anilines is 1. The number of carboxylic acid groups (broad SMARTS) is 1. The van der Waals surface area contributed by atoms with E-state index in [1.807, 2.05) is 13.8 Å². The van der Waals surface area contributed by atoms with Crippen molar-refractivity contribution in [3.63, 3.8) is 0 Å². The van der Waals surface area contributed by atoms with Crippen molar-refractivity contribution in [3.05, 3.63) is 29.6 Å². The number of nitrogens with zero attached hydrogens (tertiary/aromatic N) is 1. The molecule has 0 radical (unpaired) electrons. The second kappa shape index (κ2) is 5.27. The molecule has 0 aliphatic carbocycles. The zero-order valence-corrected chi connectivity index (χ0v) is 11.9. The Morgan fingerprint density at radius 1 is 1.33 bits per heavy atom. The number of carboxylic acids is 1. The molecular formula is C15H16FNO4. The molecule has 1 aromatic rings. The van der Waals surface area contributed by atoms with Gasteiger partial charge in [-0.2, -0.15) is 0 Å². The van der Waals surface area contributed by atoms with Crippen molar-refractivity contribution in [2.24, 2.45) is 5.41 Å². The number of benzene rings is 1. The molecule has 0 saturated carbocycles. The summed E-state index contributed by atoms with van der Waals surface area (Å²) in [5.41, 5.74) is -1.19. The Labute approximate surface area is 121 Å². The van der Waals surface area contributed by atoms with E-state index in [9.17, 15) is 18.8 Å². The minimum Gasteiger partial charge on any atom is -0.478 e. The van der Waals surface area contributed by atoms with Crippen LogP contribution in [-0.2, 0) is 9.59 Å². The van der Waals surface area contributed by atoms with E-state index < -0.39 is 29.0 Å². The van der Waals surface area contributed by atoms with Gasteiger partial charge < -0.3 is 5.11 Å². The molecule has 112 valence electrons. The van der Waals surface area contributed by atoms with Crippen LogP contribution in [0.5, 0.6) is 0 Å². The molecule has 0 unspecified atom stereocenters. The molecule has 1 saturated heterocycles. The van der Waals surface area contributed by atoms with Gasteiger partial charge in [0.15, 0.2) is 0 Å². The molecule has 1 aliphatic rings. The summed E-state index contributed by atoms with van der Waals surface area (Å²) in [6.07, 6.45) is 1.05. The third-order valence-corrected chi connectivity index (χ3v) is 4.18. The van der Waals surface area contributed by atoms with Crippen LogP contribution in [0.2, 0.25) is 0 Å². The Hall–Kier alpha value is -2.24. The average molecular weight is 293 g/mol. The number of imide groups is 1. The van der Waals surface area contributed by atoms with Gasteiger partial charge in [-0.15, -0.1) is 0 Å². The molecule has 1 heterocycles. The van der Waals surface area contributed by atoms with E-state index >= 15 is 0 Å². The topological polar surface area (TPSA) is 74.7 Å².